The highest BCUT2D eigenvalue weighted by Crippen LogP contribution is 2.31. The van der Waals surface area contributed by atoms with Crippen LogP contribution in [0.1, 0.15) is 33.1 Å². The normalized spacial score (nSPS) is 31.5. The standard InChI is InChI=1S/C10H16O5/c1-6(2)7-3-10(14,4-8(11)12)5-9(13)15-7/h6-7,14H,3-5H2,1-2H3,(H,11,12)/t7-,10?/m1/s1. The second-order valence-corrected chi connectivity index (χ2v) is 4.45. The summed E-state index contributed by atoms with van der Waals surface area (Å²) in [6.07, 6.45) is -0.841. The average molecular weight is 216 g/mol. The Kier molecular flexibility index (Phi) is 3.34. The summed E-state index contributed by atoms with van der Waals surface area (Å²) in [5, 5.41) is 18.6. The van der Waals surface area contributed by atoms with Crippen molar-refractivity contribution >= 4 is 11.9 Å². The molecule has 0 aromatic carbocycles. The number of hydrogen-bond donors (Lipinski definition) is 2. The van der Waals surface area contributed by atoms with Crippen LogP contribution in [0.3, 0.4) is 0 Å². The molecule has 1 unspecified atom stereocenters. The number of cyclic esters (lactones) is 1. The van der Waals surface area contributed by atoms with Crippen LogP contribution in [0.15, 0.2) is 0 Å². The second-order valence-electron chi connectivity index (χ2n) is 4.45. The first kappa shape index (κ1) is 12.0. The molecule has 1 rings (SSSR count). The molecule has 0 bridgehead atoms. The Morgan fingerprint density at radius 1 is 1.67 bits per heavy atom. The van der Waals surface area contributed by atoms with Gasteiger partial charge in [0.25, 0.3) is 0 Å². The molecule has 0 amide bonds. The van der Waals surface area contributed by atoms with E-state index >= 15 is 0 Å². The summed E-state index contributed by atoms with van der Waals surface area (Å²) < 4.78 is 5.03. The maximum atomic E-state index is 11.2. The molecule has 1 aliphatic rings. The van der Waals surface area contributed by atoms with E-state index in [1.807, 2.05) is 13.8 Å². The molecular weight excluding hydrogens is 200 g/mol. The second kappa shape index (κ2) is 4.18. The average Bonchev–Trinajstić information content (AvgIpc) is 1.98. The molecule has 1 aliphatic heterocycles. The summed E-state index contributed by atoms with van der Waals surface area (Å²) >= 11 is 0. The van der Waals surface area contributed by atoms with E-state index in [1.54, 1.807) is 0 Å². The number of hydrogen-bond acceptors (Lipinski definition) is 4. The maximum Gasteiger partial charge on any atom is 0.309 e. The van der Waals surface area contributed by atoms with Crippen molar-refractivity contribution in [1.82, 2.24) is 0 Å². The molecule has 2 N–H and O–H groups in total. The summed E-state index contributed by atoms with van der Waals surface area (Å²) in [6, 6.07) is 0. The van der Waals surface area contributed by atoms with E-state index < -0.39 is 30.1 Å². The third kappa shape index (κ3) is 3.20. The number of carbonyl (C=O) groups excluding carboxylic acids is 1. The van der Waals surface area contributed by atoms with Crippen LogP contribution in [0.5, 0.6) is 0 Å². The van der Waals surface area contributed by atoms with Crippen molar-refractivity contribution in [3.8, 4) is 0 Å². The molecule has 86 valence electrons. The lowest BCUT2D eigenvalue weighted by Gasteiger charge is -2.36. The fraction of sp³-hybridized carbons (Fsp3) is 0.800. The van der Waals surface area contributed by atoms with E-state index in [1.165, 1.54) is 0 Å². The summed E-state index contributed by atoms with van der Waals surface area (Å²) in [5.41, 5.74) is -1.45. The quantitative estimate of drug-likeness (QED) is 0.673. The lowest BCUT2D eigenvalue weighted by atomic mass is 9.84. The molecule has 1 saturated heterocycles. The molecule has 0 aromatic rings. The number of esters is 1. The SMILES string of the molecule is CC(C)[C@H]1CC(O)(CC(=O)O)CC(=O)O1. The first-order valence-corrected chi connectivity index (χ1v) is 4.96. The largest absolute Gasteiger partial charge is 0.481 e. The van der Waals surface area contributed by atoms with Gasteiger partial charge in [0.05, 0.1) is 18.4 Å². The highest BCUT2D eigenvalue weighted by molar-refractivity contribution is 5.75. The summed E-state index contributed by atoms with van der Waals surface area (Å²) in [5.74, 6) is -1.55. The van der Waals surface area contributed by atoms with Gasteiger partial charge in [-0.25, -0.2) is 0 Å². The smallest absolute Gasteiger partial charge is 0.309 e. The molecule has 15 heavy (non-hydrogen) atoms. The molecule has 1 fully saturated rings. The number of aliphatic hydroxyl groups is 1. The van der Waals surface area contributed by atoms with Crippen LogP contribution < -0.4 is 0 Å². The zero-order valence-electron chi connectivity index (χ0n) is 8.90. The van der Waals surface area contributed by atoms with Gasteiger partial charge in [-0.1, -0.05) is 13.8 Å². The van der Waals surface area contributed by atoms with E-state index in [-0.39, 0.29) is 18.8 Å². The number of aliphatic carboxylic acids is 1. The molecule has 0 spiro atoms. The van der Waals surface area contributed by atoms with E-state index in [0.717, 1.165) is 0 Å². The van der Waals surface area contributed by atoms with Gasteiger partial charge in [0.1, 0.15) is 6.10 Å². The monoisotopic (exact) mass is 216 g/mol. The number of carbonyl (C=O) groups is 2. The van der Waals surface area contributed by atoms with Gasteiger partial charge in [-0.2, -0.15) is 0 Å². The van der Waals surface area contributed by atoms with Crippen molar-refractivity contribution < 1.29 is 24.5 Å². The van der Waals surface area contributed by atoms with Crippen LogP contribution in [0, 0.1) is 5.92 Å². The van der Waals surface area contributed by atoms with Crippen molar-refractivity contribution in [1.29, 1.82) is 0 Å². The Bertz CT molecular complexity index is 269. The predicted molar refractivity (Wildman–Crippen MR) is 51.2 cm³/mol. The van der Waals surface area contributed by atoms with Gasteiger partial charge in [0, 0.05) is 6.42 Å². The van der Waals surface area contributed by atoms with Gasteiger partial charge < -0.3 is 14.9 Å². The minimum absolute atomic E-state index is 0.0783. The van der Waals surface area contributed by atoms with Crippen LogP contribution in [0.2, 0.25) is 0 Å². The zero-order valence-corrected chi connectivity index (χ0v) is 8.90. The third-order valence-electron chi connectivity index (χ3n) is 2.56. The Morgan fingerprint density at radius 3 is 2.73 bits per heavy atom. The molecule has 2 atom stereocenters. The van der Waals surface area contributed by atoms with Crippen LogP contribution >= 0.6 is 0 Å². The molecule has 0 radical (unpaired) electrons. The number of carboxylic acids is 1. The zero-order chi connectivity index (χ0) is 11.6. The first-order chi connectivity index (χ1) is 6.82. The van der Waals surface area contributed by atoms with Crippen molar-refractivity contribution in [2.24, 2.45) is 5.92 Å². The lowest BCUT2D eigenvalue weighted by molar-refractivity contribution is -0.177. The Morgan fingerprint density at radius 2 is 2.27 bits per heavy atom. The molecule has 0 aliphatic carbocycles. The van der Waals surface area contributed by atoms with Crippen LogP contribution in [0.4, 0.5) is 0 Å². The molecule has 0 saturated carbocycles. The summed E-state index contributed by atoms with van der Waals surface area (Å²) in [7, 11) is 0. The molecular formula is C10H16O5. The van der Waals surface area contributed by atoms with E-state index in [4.69, 9.17) is 9.84 Å². The Hall–Kier alpha value is -1.10. The number of carboxylic acid groups (broad SMARTS) is 1. The minimum atomic E-state index is -1.45. The van der Waals surface area contributed by atoms with Gasteiger partial charge in [-0.15, -0.1) is 0 Å². The number of rotatable bonds is 3. The van der Waals surface area contributed by atoms with Crippen molar-refractivity contribution in [3.63, 3.8) is 0 Å². The van der Waals surface area contributed by atoms with E-state index in [0.29, 0.717) is 0 Å². The lowest BCUT2D eigenvalue weighted by Crippen LogP contribution is -2.46. The molecule has 5 nitrogen and oxygen atoms in total. The van der Waals surface area contributed by atoms with Crippen molar-refractivity contribution in [3.05, 3.63) is 0 Å². The fourth-order valence-electron chi connectivity index (χ4n) is 1.76. The van der Waals surface area contributed by atoms with Crippen molar-refractivity contribution in [2.45, 2.75) is 44.8 Å². The van der Waals surface area contributed by atoms with Gasteiger partial charge >= 0.3 is 11.9 Å². The fourth-order valence-corrected chi connectivity index (χ4v) is 1.76. The highest BCUT2D eigenvalue weighted by atomic mass is 16.5. The van der Waals surface area contributed by atoms with Crippen LogP contribution in [0.25, 0.3) is 0 Å². The highest BCUT2D eigenvalue weighted by Gasteiger charge is 2.42. The van der Waals surface area contributed by atoms with Crippen LogP contribution in [-0.2, 0) is 14.3 Å². The van der Waals surface area contributed by atoms with Gasteiger partial charge in [0.2, 0.25) is 0 Å². The number of ether oxygens (including phenoxy) is 1. The predicted octanol–water partition coefficient (Wildman–Crippen LogP) is 0.554. The van der Waals surface area contributed by atoms with Gasteiger partial charge in [0.15, 0.2) is 0 Å². The maximum absolute atomic E-state index is 11.2. The molecule has 5 heteroatoms. The third-order valence-corrected chi connectivity index (χ3v) is 2.56. The Balaban J connectivity index is 2.73. The first-order valence-electron chi connectivity index (χ1n) is 4.96. The Labute approximate surface area is 88.0 Å². The molecule has 1 heterocycles. The molecule has 0 aromatic heterocycles. The minimum Gasteiger partial charge on any atom is -0.481 e. The van der Waals surface area contributed by atoms with Gasteiger partial charge in [-0.05, 0) is 5.92 Å². The van der Waals surface area contributed by atoms with E-state index in [9.17, 15) is 14.7 Å². The van der Waals surface area contributed by atoms with Crippen LogP contribution in [-0.4, -0.2) is 33.9 Å². The van der Waals surface area contributed by atoms with E-state index in [2.05, 4.69) is 0 Å². The topological polar surface area (TPSA) is 83.8 Å². The van der Waals surface area contributed by atoms with Gasteiger partial charge in [-0.3, -0.25) is 9.59 Å². The summed E-state index contributed by atoms with van der Waals surface area (Å²) in [4.78, 5) is 21.7. The summed E-state index contributed by atoms with van der Waals surface area (Å²) in [6.45, 7) is 3.73. The van der Waals surface area contributed by atoms with Crippen molar-refractivity contribution in [2.75, 3.05) is 0 Å².